The van der Waals surface area contributed by atoms with E-state index < -0.39 is 6.09 Å². The summed E-state index contributed by atoms with van der Waals surface area (Å²) in [6.45, 7) is 4.64. The molecule has 1 spiro atoms. The average Bonchev–Trinajstić information content (AvgIpc) is 2.99. The number of carbonyl (C=O) groups excluding carboxylic acids is 1. The van der Waals surface area contributed by atoms with Gasteiger partial charge in [-0.2, -0.15) is 0 Å². The van der Waals surface area contributed by atoms with E-state index in [2.05, 4.69) is 9.80 Å². The number of piperidine rings is 1. The molecule has 1 atom stereocenters. The first kappa shape index (κ1) is 17.1. The van der Waals surface area contributed by atoms with Crippen LogP contribution in [-0.2, 0) is 9.53 Å². The van der Waals surface area contributed by atoms with E-state index in [1.807, 2.05) is 0 Å². The van der Waals surface area contributed by atoms with Gasteiger partial charge in [0.2, 0.25) is 0 Å². The zero-order chi connectivity index (χ0) is 17.6. The smallest absolute Gasteiger partial charge is 0.407 e. The van der Waals surface area contributed by atoms with Gasteiger partial charge in [0.15, 0.2) is 0 Å². The number of hydrogen-bond acceptors (Lipinski definition) is 5. The second-order valence-corrected chi connectivity index (χ2v) is 8.35. The molecule has 140 valence electrons. The maximum Gasteiger partial charge on any atom is 0.407 e. The maximum atomic E-state index is 11.8. The van der Waals surface area contributed by atoms with Crippen LogP contribution in [0.4, 0.5) is 4.79 Å². The fourth-order valence-electron chi connectivity index (χ4n) is 5.45. The molecule has 0 aromatic rings. The predicted octanol–water partition coefficient (Wildman–Crippen LogP) is 1.23. The van der Waals surface area contributed by atoms with Crippen LogP contribution in [0.2, 0.25) is 0 Å². The van der Waals surface area contributed by atoms with Crippen molar-refractivity contribution in [2.45, 2.75) is 56.7 Å². The Bertz CT molecular complexity index is 540. The van der Waals surface area contributed by atoms with Crippen molar-refractivity contribution < 1.29 is 19.4 Å². The molecule has 3 heterocycles. The fourth-order valence-corrected chi connectivity index (χ4v) is 5.45. The van der Waals surface area contributed by atoms with Gasteiger partial charge in [0.1, 0.15) is 6.04 Å². The monoisotopic (exact) mass is 351 g/mol. The van der Waals surface area contributed by atoms with Crippen LogP contribution in [0.5, 0.6) is 0 Å². The molecule has 1 saturated carbocycles. The highest BCUT2D eigenvalue weighted by atomic mass is 16.5. The van der Waals surface area contributed by atoms with Crippen LogP contribution in [0.25, 0.3) is 0 Å². The molecule has 0 radical (unpaired) electrons. The number of amides is 1. The van der Waals surface area contributed by atoms with Crippen LogP contribution in [0, 0.1) is 5.41 Å². The lowest BCUT2D eigenvalue weighted by Crippen LogP contribution is -2.61. The molecule has 7 heteroatoms. The second-order valence-electron chi connectivity index (χ2n) is 8.35. The lowest BCUT2D eigenvalue weighted by Gasteiger charge is -2.53. The molecule has 1 N–H and O–H groups in total. The maximum absolute atomic E-state index is 11.8. The third-order valence-electron chi connectivity index (χ3n) is 7.06. The molecule has 0 aromatic heterocycles. The number of likely N-dealkylation sites (tertiary alicyclic amines) is 3. The Morgan fingerprint density at radius 1 is 1.04 bits per heavy atom. The van der Waals surface area contributed by atoms with Crippen molar-refractivity contribution in [2.24, 2.45) is 5.41 Å². The number of nitrogens with zero attached hydrogens (tertiary/aromatic N) is 3. The highest BCUT2D eigenvalue weighted by Gasteiger charge is 2.51. The van der Waals surface area contributed by atoms with Gasteiger partial charge >= 0.3 is 12.1 Å². The summed E-state index contributed by atoms with van der Waals surface area (Å²) in [7, 11) is 1.47. The average molecular weight is 351 g/mol. The van der Waals surface area contributed by atoms with Crippen LogP contribution in [0.15, 0.2) is 0 Å². The van der Waals surface area contributed by atoms with Crippen LogP contribution in [0.1, 0.15) is 38.5 Å². The van der Waals surface area contributed by atoms with E-state index in [-0.39, 0.29) is 17.4 Å². The first-order chi connectivity index (χ1) is 12.0. The largest absolute Gasteiger partial charge is 0.468 e. The lowest BCUT2D eigenvalue weighted by atomic mass is 9.64. The van der Waals surface area contributed by atoms with Crippen LogP contribution >= 0.6 is 0 Å². The molecule has 7 nitrogen and oxygen atoms in total. The molecular weight excluding hydrogens is 322 g/mol. The van der Waals surface area contributed by atoms with E-state index in [1.165, 1.54) is 7.11 Å². The molecule has 1 aliphatic carbocycles. The first-order valence-corrected chi connectivity index (χ1v) is 9.57. The van der Waals surface area contributed by atoms with Gasteiger partial charge in [-0.1, -0.05) is 0 Å². The molecule has 0 unspecified atom stereocenters. The molecule has 3 aliphatic heterocycles. The minimum atomic E-state index is -0.768. The molecule has 4 aliphatic rings. The van der Waals surface area contributed by atoms with Crippen molar-refractivity contribution in [3.8, 4) is 0 Å². The van der Waals surface area contributed by atoms with Crippen molar-refractivity contribution in [1.29, 1.82) is 0 Å². The van der Waals surface area contributed by atoms with Gasteiger partial charge in [0.25, 0.3) is 0 Å². The normalized spacial score (nSPS) is 36.9. The van der Waals surface area contributed by atoms with Crippen molar-refractivity contribution in [3.63, 3.8) is 0 Å². The molecule has 1 amide bonds. The number of rotatable bonds is 3. The van der Waals surface area contributed by atoms with Gasteiger partial charge in [-0.05, 0) is 57.0 Å². The number of ether oxygens (including phenoxy) is 1. The Kier molecular flexibility index (Phi) is 4.40. The first-order valence-electron chi connectivity index (χ1n) is 9.57. The van der Waals surface area contributed by atoms with E-state index in [4.69, 9.17) is 9.84 Å². The Labute approximate surface area is 148 Å². The Morgan fingerprint density at radius 2 is 1.76 bits per heavy atom. The minimum Gasteiger partial charge on any atom is -0.468 e. The van der Waals surface area contributed by atoms with Crippen molar-refractivity contribution in [2.75, 3.05) is 39.8 Å². The van der Waals surface area contributed by atoms with Crippen LogP contribution in [-0.4, -0.2) is 89.8 Å². The highest BCUT2D eigenvalue weighted by Crippen LogP contribution is 2.50. The standard InChI is InChI=1S/C18H29N3O4/c1-25-16(22)15-4-8-21(15)13-2-6-19(7-3-13)14-10-18(11-14)5-9-20(12-18)17(23)24/h13-15H,2-12H2,1H3,(H,23,24)/t14?,15-,18?/m1/s1. The summed E-state index contributed by atoms with van der Waals surface area (Å²) in [5.74, 6) is -0.0844. The summed E-state index contributed by atoms with van der Waals surface area (Å²) in [4.78, 5) is 29.4. The quantitative estimate of drug-likeness (QED) is 0.771. The molecule has 0 bridgehead atoms. The third kappa shape index (κ3) is 3.01. The van der Waals surface area contributed by atoms with Gasteiger partial charge in [-0.25, -0.2) is 4.79 Å². The van der Waals surface area contributed by atoms with Gasteiger partial charge in [-0.15, -0.1) is 0 Å². The van der Waals surface area contributed by atoms with Gasteiger partial charge < -0.3 is 19.6 Å². The van der Waals surface area contributed by atoms with E-state index in [9.17, 15) is 9.59 Å². The predicted molar refractivity (Wildman–Crippen MR) is 91.4 cm³/mol. The van der Waals surface area contributed by atoms with Gasteiger partial charge in [-0.3, -0.25) is 9.69 Å². The SMILES string of the molecule is COC(=O)[C@H]1CCN1C1CCN(C2CC3(CCN(C(=O)O)C3)C2)CC1. The van der Waals surface area contributed by atoms with Crippen LogP contribution in [0.3, 0.4) is 0 Å². The van der Waals surface area contributed by atoms with Crippen molar-refractivity contribution in [3.05, 3.63) is 0 Å². The molecule has 4 fully saturated rings. The Balaban J connectivity index is 1.23. The molecule has 25 heavy (non-hydrogen) atoms. The Morgan fingerprint density at radius 3 is 2.28 bits per heavy atom. The van der Waals surface area contributed by atoms with E-state index in [0.29, 0.717) is 18.6 Å². The summed E-state index contributed by atoms with van der Waals surface area (Å²) in [5, 5.41) is 9.15. The summed E-state index contributed by atoms with van der Waals surface area (Å²) in [6.07, 6.45) is 5.73. The van der Waals surface area contributed by atoms with Crippen molar-refractivity contribution >= 4 is 12.1 Å². The number of hydrogen-bond donors (Lipinski definition) is 1. The highest BCUT2D eigenvalue weighted by molar-refractivity contribution is 5.76. The number of esters is 1. The topological polar surface area (TPSA) is 73.3 Å². The lowest BCUT2D eigenvalue weighted by molar-refractivity contribution is -0.155. The van der Waals surface area contributed by atoms with E-state index in [1.54, 1.807) is 4.90 Å². The zero-order valence-electron chi connectivity index (χ0n) is 15.0. The summed E-state index contributed by atoms with van der Waals surface area (Å²) in [5.41, 5.74) is 0.257. The van der Waals surface area contributed by atoms with Gasteiger partial charge in [0, 0.05) is 31.7 Å². The summed E-state index contributed by atoms with van der Waals surface area (Å²) >= 11 is 0. The summed E-state index contributed by atoms with van der Waals surface area (Å²) in [6, 6.07) is 1.12. The molecule has 4 rings (SSSR count). The summed E-state index contributed by atoms with van der Waals surface area (Å²) < 4.78 is 4.90. The number of methoxy groups -OCH3 is 1. The fraction of sp³-hybridized carbons (Fsp3) is 0.889. The van der Waals surface area contributed by atoms with E-state index >= 15 is 0 Å². The number of carboxylic acid groups (broad SMARTS) is 1. The van der Waals surface area contributed by atoms with Crippen LogP contribution < -0.4 is 0 Å². The molecule has 0 aromatic carbocycles. The van der Waals surface area contributed by atoms with Crippen molar-refractivity contribution in [1.82, 2.24) is 14.7 Å². The Hall–Kier alpha value is -1.34. The zero-order valence-corrected chi connectivity index (χ0v) is 15.0. The third-order valence-corrected chi connectivity index (χ3v) is 7.06. The number of carbonyl (C=O) groups is 2. The van der Waals surface area contributed by atoms with Gasteiger partial charge in [0.05, 0.1) is 7.11 Å². The van der Waals surface area contributed by atoms with E-state index in [0.717, 1.165) is 64.7 Å². The molecule has 3 saturated heterocycles. The molecular formula is C18H29N3O4. The minimum absolute atomic E-state index is 0.0194. The second kappa shape index (κ2) is 6.43.